The minimum atomic E-state index is -3.72. The van der Waals surface area contributed by atoms with E-state index in [1.807, 2.05) is 0 Å². The molecule has 0 unspecified atom stereocenters. The summed E-state index contributed by atoms with van der Waals surface area (Å²) in [5, 5.41) is 4.89. The summed E-state index contributed by atoms with van der Waals surface area (Å²) in [6.07, 6.45) is 1.32. The van der Waals surface area contributed by atoms with Crippen LogP contribution in [0.4, 0.5) is 0 Å². The molecule has 11 heteroatoms. The lowest BCUT2D eigenvalue weighted by Gasteiger charge is -2.14. The number of hydrogen-bond donors (Lipinski definition) is 2. The van der Waals surface area contributed by atoms with E-state index in [-0.39, 0.29) is 24.5 Å². The fraction of sp³-hybridized carbons (Fsp3) is 0.214. The third-order valence-electron chi connectivity index (χ3n) is 3.00. The number of primary sulfonamides is 1. The van der Waals surface area contributed by atoms with Crippen molar-refractivity contribution >= 4 is 27.7 Å². The van der Waals surface area contributed by atoms with Gasteiger partial charge in [-0.2, -0.15) is 0 Å². The molecule has 0 spiro atoms. The summed E-state index contributed by atoms with van der Waals surface area (Å²) in [5.41, 5.74) is 6.33. The molecular formula is C14H16ClN5O4S. The average molecular weight is 386 g/mol. The maximum Gasteiger partial charge on any atom is 0.268 e. The van der Waals surface area contributed by atoms with Gasteiger partial charge >= 0.3 is 0 Å². The number of hydrogen-bond acceptors (Lipinski definition) is 7. The first kappa shape index (κ1) is 19.1. The predicted molar refractivity (Wildman–Crippen MR) is 91.3 cm³/mol. The summed E-state index contributed by atoms with van der Waals surface area (Å²) in [7, 11) is -3.72. The number of nitrogens with zero attached hydrogens (tertiary/aromatic N) is 3. The van der Waals surface area contributed by atoms with Crippen molar-refractivity contribution in [2.24, 2.45) is 10.9 Å². The molecule has 134 valence electrons. The van der Waals surface area contributed by atoms with Gasteiger partial charge in [-0.05, 0) is 18.2 Å². The van der Waals surface area contributed by atoms with Crippen LogP contribution in [0.5, 0.6) is 11.6 Å². The highest BCUT2D eigenvalue weighted by Crippen LogP contribution is 2.21. The summed E-state index contributed by atoms with van der Waals surface area (Å²) in [4.78, 5) is 20.1. The van der Waals surface area contributed by atoms with E-state index in [1.165, 1.54) is 18.5 Å². The third kappa shape index (κ3) is 5.94. The first-order valence-electron chi connectivity index (χ1n) is 7.05. The quantitative estimate of drug-likeness (QED) is 0.665. The normalized spacial score (nSPS) is 11.2. The summed E-state index contributed by atoms with van der Waals surface area (Å²) in [5.74, 6) is -0.400. The Labute approximate surface area is 149 Å². The van der Waals surface area contributed by atoms with Crippen LogP contribution in [0.1, 0.15) is 16.1 Å². The zero-order valence-electron chi connectivity index (χ0n) is 13.0. The summed E-state index contributed by atoms with van der Waals surface area (Å²) < 4.78 is 28.2. The lowest BCUT2D eigenvalue weighted by Crippen LogP contribution is -2.30. The SMILES string of the molecule is NCc1cc(Oc2cccc(C(=O)N(Cl)CCS(N)(=O)=O)c2)ncn1. The minimum Gasteiger partial charge on any atom is -0.439 e. The maximum absolute atomic E-state index is 12.2. The van der Waals surface area contributed by atoms with E-state index in [1.54, 1.807) is 18.2 Å². The molecule has 0 radical (unpaired) electrons. The molecule has 0 saturated heterocycles. The van der Waals surface area contributed by atoms with Crippen molar-refractivity contribution in [1.29, 1.82) is 0 Å². The number of rotatable bonds is 7. The van der Waals surface area contributed by atoms with Gasteiger partial charge in [-0.15, -0.1) is 0 Å². The Morgan fingerprint density at radius 3 is 2.72 bits per heavy atom. The highest BCUT2D eigenvalue weighted by molar-refractivity contribution is 7.89. The van der Waals surface area contributed by atoms with Gasteiger partial charge in [0.05, 0.1) is 18.0 Å². The van der Waals surface area contributed by atoms with Crippen molar-refractivity contribution in [1.82, 2.24) is 14.4 Å². The molecule has 25 heavy (non-hydrogen) atoms. The van der Waals surface area contributed by atoms with Gasteiger partial charge in [-0.3, -0.25) is 4.79 Å². The number of carbonyl (C=O) groups excluding carboxylic acids is 1. The summed E-state index contributed by atoms with van der Waals surface area (Å²) in [6.45, 7) is -0.00125. The molecule has 2 rings (SSSR count). The zero-order valence-corrected chi connectivity index (χ0v) is 14.6. The molecule has 1 aromatic heterocycles. The molecule has 4 N–H and O–H groups in total. The smallest absolute Gasteiger partial charge is 0.268 e. The van der Waals surface area contributed by atoms with Gasteiger partial charge < -0.3 is 10.5 Å². The Kier molecular flexibility index (Phi) is 6.26. The Balaban J connectivity index is 2.10. The minimum absolute atomic E-state index is 0.218. The summed E-state index contributed by atoms with van der Waals surface area (Å²) >= 11 is 5.81. The molecule has 1 heterocycles. The monoisotopic (exact) mass is 385 g/mol. The number of amides is 1. The Hall–Kier alpha value is -2.27. The van der Waals surface area contributed by atoms with Crippen LogP contribution in [-0.4, -0.2) is 41.0 Å². The van der Waals surface area contributed by atoms with Crippen LogP contribution in [0, 0.1) is 0 Å². The van der Waals surface area contributed by atoms with Crippen LogP contribution < -0.4 is 15.6 Å². The number of aromatic nitrogens is 2. The molecule has 0 bridgehead atoms. The van der Waals surface area contributed by atoms with E-state index in [0.29, 0.717) is 11.4 Å². The van der Waals surface area contributed by atoms with Gasteiger partial charge in [-0.25, -0.2) is 27.9 Å². The molecule has 0 saturated carbocycles. The first-order chi connectivity index (χ1) is 11.8. The van der Waals surface area contributed by atoms with E-state index < -0.39 is 21.7 Å². The Bertz CT molecular complexity index is 862. The number of ether oxygens (including phenoxy) is 1. The van der Waals surface area contributed by atoms with Crippen molar-refractivity contribution in [2.75, 3.05) is 12.3 Å². The second kappa shape index (κ2) is 8.21. The highest BCUT2D eigenvalue weighted by Gasteiger charge is 2.17. The molecule has 9 nitrogen and oxygen atoms in total. The lowest BCUT2D eigenvalue weighted by molar-refractivity contribution is 0.0868. The molecule has 0 aliphatic rings. The second-order valence-electron chi connectivity index (χ2n) is 4.94. The first-order valence-corrected chi connectivity index (χ1v) is 9.11. The molecule has 0 aliphatic carbocycles. The fourth-order valence-corrected chi connectivity index (χ4v) is 2.53. The van der Waals surface area contributed by atoms with E-state index >= 15 is 0 Å². The van der Waals surface area contributed by atoms with E-state index in [0.717, 1.165) is 4.42 Å². The largest absolute Gasteiger partial charge is 0.439 e. The lowest BCUT2D eigenvalue weighted by atomic mass is 10.2. The van der Waals surface area contributed by atoms with Gasteiger partial charge in [-0.1, -0.05) is 6.07 Å². The molecule has 0 aliphatic heterocycles. The van der Waals surface area contributed by atoms with Crippen molar-refractivity contribution in [3.8, 4) is 11.6 Å². The van der Waals surface area contributed by atoms with Gasteiger partial charge in [0.15, 0.2) is 0 Å². The van der Waals surface area contributed by atoms with Crippen molar-refractivity contribution < 1.29 is 17.9 Å². The highest BCUT2D eigenvalue weighted by atomic mass is 35.5. The second-order valence-corrected chi connectivity index (χ2v) is 7.08. The fourth-order valence-electron chi connectivity index (χ4n) is 1.81. The van der Waals surface area contributed by atoms with Crippen LogP contribution in [0.25, 0.3) is 0 Å². The molecular weight excluding hydrogens is 370 g/mol. The third-order valence-corrected chi connectivity index (χ3v) is 4.08. The Morgan fingerprint density at radius 1 is 1.28 bits per heavy atom. The van der Waals surface area contributed by atoms with Gasteiger partial charge in [0, 0.05) is 30.0 Å². The zero-order chi connectivity index (χ0) is 18.4. The van der Waals surface area contributed by atoms with E-state index in [2.05, 4.69) is 9.97 Å². The molecule has 0 fully saturated rings. The van der Waals surface area contributed by atoms with Crippen molar-refractivity contribution in [2.45, 2.75) is 6.54 Å². The van der Waals surface area contributed by atoms with E-state index in [9.17, 15) is 13.2 Å². The molecule has 1 amide bonds. The topological polar surface area (TPSA) is 142 Å². The van der Waals surface area contributed by atoms with Crippen LogP contribution >= 0.6 is 11.8 Å². The van der Waals surface area contributed by atoms with Gasteiger partial charge in [0.2, 0.25) is 15.9 Å². The average Bonchev–Trinajstić information content (AvgIpc) is 2.58. The van der Waals surface area contributed by atoms with Crippen LogP contribution in [0.2, 0.25) is 0 Å². The number of halogens is 1. The van der Waals surface area contributed by atoms with Gasteiger partial charge in [0.25, 0.3) is 5.91 Å². The number of carbonyl (C=O) groups is 1. The van der Waals surface area contributed by atoms with Crippen LogP contribution in [0.15, 0.2) is 36.7 Å². The Morgan fingerprint density at radius 2 is 2.04 bits per heavy atom. The number of nitrogens with two attached hydrogens (primary N) is 2. The van der Waals surface area contributed by atoms with Gasteiger partial charge in [0.1, 0.15) is 12.1 Å². The summed E-state index contributed by atoms with van der Waals surface area (Å²) in [6, 6.07) is 7.78. The molecule has 0 atom stereocenters. The predicted octanol–water partition coefficient (Wildman–Crippen LogP) is 0.612. The van der Waals surface area contributed by atoms with E-state index in [4.69, 9.17) is 27.4 Å². The standard InChI is InChI=1S/C14H16ClN5O4S/c15-20(4-5-25(17,22)23)14(21)10-2-1-3-12(6-10)24-13-7-11(8-16)18-9-19-13/h1-3,6-7,9H,4-5,8,16H2,(H2,17,22,23). The number of benzene rings is 1. The van der Waals surface area contributed by atoms with Crippen molar-refractivity contribution in [3.63, 3.8) is 0 Å². The van der Waals surface area contributed by atoms with Crippen LogP contribution in [0.3, 0.4) is 0 Å². The van der Waals surface area contributed by atoms with Crippen LogP contribution in [-0.2, 0) is 16.6 Å². The molecule has 1 aromatic carbocycles. The molecule has 2 aromatic rings. The maximum atomic E-state index is 12.2. The number of sulfonamides is 1. The van der Waals surface area contributed by atoms with Crippen molar-refractivity contribution in [3.05, 3.63) is 47.9 Å².